The standard InChI is InChI=1S/C19H10Cl2F5NO3S/c20-12-6-3-10(7-13(12)21)27-8-9-1-4-11(5-2-9)31(28,29)30-19-17(25)15(23)14(22)16(24)18(19)26/h1-7,27H,8H2. The monoisotopic (exact) mass is 497 g/mol. The van der Waals surface area contributed by atoms with Gasteiger partial charge in [-0.05, 0) is 35.9 Å². The number of hydrogen-bond acceptors (Lipinski definition) is 4. The minimum absolute atomic E-state index is 0.247. The Balaban J connectivity index is 1.78. The van der Waals surface area contributed by atoms with Crippen LogP contribution in [0.3, 0.4) is 0 Å². The zero-order valence-corrected chi connectivity index (χ0v) is 17.4. The first kappa shape index (κ1) is 23.1. The van der Waals surface area contributed by atoms with E-state index in [0.717, 1.165) is 12.1 Å². The predicted octanol–water partition coefficient (Wildman–Crippen LogP) is 6.07. The van der Waals surface area contributed by atoms with Gasteiger partial charge in [-0.15, -0.1) is 0 Å². The maximum Gasteiger partial charge on any atom is 0.339 e. The zero-order valence-electron chi connectivity index (χ0n) is 15.0. The minimum Gasteiger partial charge on any atom is -0.381 e. The molecule has 0 aromatic heterocycles. The summed E-state index contributed by atoms with van der Waals surface area (Å²) >= 11 is 11.7. The molecule has 0 unspecified atom stereocenters. The lowest BCUT2D eigenvalue weighted by molar-refractivity contribution is 0.346. The summed E-state index contributed by atoms with van der Waals surface area (Å²) in [6, 6.07) is 9.66. The highest BCUT2D eigenvalue weighted by atomic mass is 35.5. The van der Waals surface area contributed by atoms with Gasteiger partial charge >= 0.3 is 10.1 Å². The molecule has 0 radical (unpaired) electrons. The first-order chi connectivity index (χ1) is 14.5. The number of hydrogen-bond donors (Lipinski definition) is 1. The van der Waals surface area contributed by atoms with Crippen LogP contribution in [0, 0.1) is 29.1 Å². The molecule has 0 amide bonds. The van der Waals surface area contributed by atoms with E-state index in [9.17, 15) is 30.4 Å². The molecule has 31 heavy (non-hydrogen) atoms. The second-order valence-electron chi connectivity index (χ2n) is 6.06. The molecule has 0 saturated carbocycles. The van der Waals surface area contributed by atoms with Crippen LogP contribution in [0.5, 0.6) is 5.75 Å². The average molecular weight is 498 g/mol. The average Bonchev–Trinajstić information content (AvgIpc) is 2.75. The molecule has 164 valence electrons. The highest BCUT2D eigenvalue weighted by molar-refractivity contribution is 7.87. The molecule has 0 atom stereocenters. The number of rotatable bonds is 6. The Bertz CT molecular complexity index is 1230. The smallest absolute Gasteiger partial charge is 0.339 e. The second-order valence-corrected chi connectivity index (χ2v) is 8.42. The normalized spacial score (nSPS) is 11.5. The number of nitrogens with one attached hydrogen (secondary N) is 1. The van der Waals surface area contributed by atoms with Crippen molar-refractivity contribution in [2.45, 2.75) is 11.4 Å². The van der Waals surface area contributed by atoms with E-state index in [2.05, 4.69) is 9.50 Å². The molecule has 3 aromatic rings. The van der Waals surface area contributed by atoms with Crippen molar-refractivity contribution in [3.63, 3.8) is 0 Å². The number of benzene rings is 3. The Kier molecular flexibility index (Phi) is 6.63. The van der Waals surface area contributed by atoms with Crippen molar-refractivity contribution >= 4 is 39.0 Å². The molecule has 1 N–H and O–H groups in total. The Morgan fingerprint density at radius 1 is 0.774 bits per heavy atom. The van der Waals surface area contributed by atoms with Gasteiger partial charge in [0.25, 0.3) is 0 Å². The lowest BCUT2D eigenvalue weighted by atomic mass is 10.2. The van der Waals surface area contributed by atoms with Crippen molar-refractivity contribution in [2.75, 3.05) is 5.32 Å². The van der Waals surface area contributed by atoms with Crippen LogP contribution in [0.4, 0.5) is 27.6 Å². The summed E-state index contributed by atoms with van der Waals surface area (Å²) in [5.74, 6) is -13.8. The molecule has 0 spiro atoms. The highest BCUT2D eigenvalue weighted by Gasteiger charge is 2.30. The lowest BCUT2D eigenvalue weighted by Crippen LogP contribution is -2.14. The van der Waals surface area contributed by atoms with Crippen LogP contribution in [0.1, 0.15) is 5.56 Å². The minimum atomic E-state index is -4.89. The third kappa shape index (κ3) is 4.86. The van der Waals surface area contributed by atoms with Gasteiger partial charge < -0.3 is 9.50 Å². The van der Waals surface area contributed by atoms with Crippen molar-refractivity contribution in [3.05, 3.63) is 87.2 Å². The number of anilines is 1. The lowest BCUT2D eigenvalue weighted by Gasteiger charge is -2.11. The van der Waals surface area contributed by atoms with Crippen LogP contribution in [-0.2, 0) is 16.7 Å². The molecule has 0 bridgehead atoms. The fourth-order valence-electron chi connectivity index (χ4n) is 2.40. The summed E-state index contributed by atoms with van der Waals surface area (Å²) in [6.07, 6.45) is 0. The third-order valence-corrected chi connectivity index (χ3v) is 5.97. The third-order valence-electron chi connectivity index (χ3n) is 3.99. The van der Waals surface area contributed by atoms with Crippen LogP contribution in [0.15, 0.2) is 47.4 Å². The summed E-state index contributed by atoms with van der Waals surface area (Å²) in [7, 11) is -4.89. The van der Waals surface area contributed by atoms with Crippen molar-refractivity contribution < 1.29 is 34.6 Å². The van der Waals surface area contributed by atoms with Crippen LogP contribution in [-0.4, -0.2) is 8.42 Å². The van der Waals surface area contributed by atoms with E-state index < -0.39 is 49.8 Å². The van der Waals surface area contributed by atoms with E-state index >= 15 is 0 Å². The molecule has 0 saturated heterocycles. The molecule has 3 aromatic carbocycles. The maximum atomic E-state index is 13.7. The Hall–Kier alpha value is -2.56. The number of halogens is 7. The SMILES string of the molecule is O=S(=O)(Oc1c(F)c(F)c(F)c(F)c1F)c1ccc(CNc2ccc(Cl)c(Cl)c2)cc1. The van der Waals surface area contributed by atoms with Gasteiger partial charge in [0, 0.05) is 12.2 Å². The molecule has 3 rings (SSSR count). The molecule has 0 fully saturated rings. The highest BCUT2D eigenvalue weighted by Crippen LogP contribution is 2.31. The molecule has 0 heterocycles. The van der Waals surface area contributed by atoms with Gasteiger partial charge in [-0.3, -0.25) is 0 Å². The van der Waals surface area contributed by atoms with Gasteiger partial charge in [-0.1, -0.05) is 35.3 Å². The topological polar surface area (TPSA) is 55.4 Å². The van der Waals surface area contributed by atoms with Crippen LogP contribution in [0.25, 0.3) is 0 Å². The van der Waals surface area contributed by atoms with Crippen LogP contribution < -0.4 is 9.50 Å². The summed E-state index contributed by atoms with van der Waals surface area (Å²) in [6.45, 7) is 0.247. The Morgan fingerprint density at radius 3 is 1.87 bits per heavy atom. The van der Waals surface area contributed by atoms with Gasteiger partial charge in [0.05, 0.1) is 10.0 Å². The van der Waals surface area contributed by atoms with Gasteiger partial charge in [-0.25, -0.2) is 13.2 Å². The first-order valence-electron chi connectivity index (χ1n) is 8.25. The van der Waals surface area contributed by atoms with Gasteiger partial charge in [0.2, 0.25) is 34.8 Å². The van der Waals surface area contributed by atoms with E-state index in [-0.39, 0.29) is 6.54 Å². The second kappa shape index (κ2) is 8.89. The maximum absolute atomic E-state index is 13.7. The quantitative estimate of drug-likeness (QED) is 0.194. The van der Waals surface area contributed by atoms with Crippen molar-refractivity contribution in [1.29, 1.82) is 0 Å². The van der Waals surface area contributed by atoms with E-state index in [1.54, 1.807) is 18.2 Å². The molecule has 0 aliphatic rings. The first-order valence-corrected chi connectivity index (χ1v) is 10.4. The zero-order chi connectivity index (χ0) is 22.9. The van der Waals surface area contributed by atoms with E-state index in [0.29, 0.717) is 21.3 Å². The van der Waals surface area contributed by atoms with Crippen molar-refractivity contribution in [2.24, 2.45) is 0 Å². The van der Waals surface area contributed by atoms with Crippen LogP contribution in [0.2, 0.25) is 10.0 Å². The summed E-state index contributed by atoms with van der Waals surface area (Å²) in [5.41, 5.74) is 1.24. The molecular weight excluding hydrogens is 488 g/mol. The fourth-order valence-corrected chi connectivity index (χ4v) is 3.63. The van der Waals surface area contributed by atoms with Crippen molar-refractivity contribution in [3.8, 4) is 5.75 Å². The largest absolute Gasteiger partial charge is 0.381 e. The summed E-state index contributed by atoms with van der Waals surface area (Å²) in [4.78, 5) is -0.560. The van der Waals surface area contributed by atoms with Crippen molar-refractivity contribution in [1.82, 2.24) is 0 Å². The molecular formula is C19H10Cl2F5NO3S. The van der Waals surface area contributed by atoms with Gasteiger partial charge in [0.15, 0.2) is 0 Å². The summed E-state index contributed by atoms with van der Waals surface area (Å²) < 4.78 is 95.6. The molecule has 0 aliphatic carbocycles. The van der Waals surface area contributed by atoms with Crippen LogP contribution >= 0.6 is 23.2 Å². The Labute approximate surface area is 183 Å². The van der Waals surface area contributed by atoms with E-state index in [1.807, 2.05) is 0 Å². The molecule has 4 nitrogen and oxygen atoms in total. The molecule has 0 aliphatic heterocycles. The van der Waals surface area contributed by atoms with Gasteiger partial charge in [-0.2, -0.15) is 17.2 Å². The molecule has 12 heteroatoms. The summed E-state index contributed by atoms with van der Waals surface area (Å²) in [5, 5.41) is 3.72. The predicted molar refractivity (Wildman–Crippen MR) is 104 cm³/mol. The Morgan fingerprint density at radius 2 is 1.32 bits per heavy atom. The van der Waals surface area contributed by atoms with E-state index in [1.165, 1.54) is 12.1 Å². The van der Waals surface area contributed by atoms with E-state index in [4.69, 9.17) is 23.2 Å². The fraction of sp³-hybridized carbons (Fsp3) is 0.0526. The van der Waals surface area contributed by atoms with Gasteiger partial charge in [0.1, 0.15) is 4.90 Å².